The van der Waals surface area contributed by atoms with Crippen molar-refractivity contribution < 1.29 is 14.6 Å². The van der Waals surface area contributed by atoms with Gasteiger partial charge in [-0.2, -0.15) is 0 Å². The minimum absolute atomic E-state index is 0.182. The lowest BCUT2D eigenvalue weighted by Gasteiger charge is -2.23. The Labute approximate surface area is 113 Å². The number of rotatable bonds is 4. The first-order chi connectivity index (χ1) is 9.16. The Morgan fingerprint density at radius 2 is 2.26 bits per heavy atom. The third kappa shape index (κ3) is 4.02. The van der Waals surface area contributed by atoms with E-state index in [1.165, 1.54) is 0 Å². The molecule has 104 valence electrons. The number of aryl methyl sites for hydroxylation is 1. The van der Waals surface area contributed by atoms with Crippen molar-refractivity contribution in [3.63, 3.8) is 0 Å². The zero-order chi connectivity index (χ0) is 13.7. The zero-order valence-corrected chi connectivity index (χ0v) is 11.1. The van der Waals surface area contributed by atoms with Crippen LogP contribution in [0.15, 0.2) is 24.3 Å². The molecule has 0 spiro atoms. The van der Waals surface area contributed by atoms with Gasteiger partial charge in [-0.1, -0.05) is 29.8 Å². The van der Waals surface area contributed by atoms with Crippen molar-refractivity contribution in [3.05, 3.63) is 35.4 Å². The summed E-state index contributed by atoms with van der Waals surface area (Å²) in [5.74, 6) is -0.182. The summed E-state index contributed by atoms with van der Waals surface area (Å²) in [4.78, 5) is 11.8. The quantitative estimate of drug-likeness (QED) is 0.723. The highest BCUT2D eigenvalue weighted by Crippen LogP contribution is 2.12. The number of carbonyl (C=O) groups is 1. The van der Waals surface area contributed by atoms with Crippen molar-refractivity contribution in [2.75, 3.05) is 26.2 Å². The summed E-state index contributed by atoms with van der Waals surface area (Å²) in [5, 5.41) is 15.8. The van der Waals surface area contributed by atoms with Gasteiger partial charge in [0, 0.05) is 19.6 Å². The van der Waals surface area contributed by atoms with Gasteiger partial charge in [0.25, 0.3) is 5.91 Å². The van der Waals surface area contributed by atoms with E-state index in [4.69, 9.17) is 4.74 Å². The van der Waals surface area contributed by atoms with Crippen LogP contribution in [0.25, 0.3) is 0 Å². The molecule has 2 atom stereocenters. The van der Waals surface area contributed by atoms with Crippen LogP contribution in [0.1, 0.15) is 17.2 Å². The van der Waals surface area contributed by atoms with E-state index in [9.17, 15) is 9.90 Å². The highest BCUT2D eigenvalue weighted by atomic mass is 16.5. The number of amides is 1. The summed E-state index contributed by atoms with van der Waals surface area (Å²) in [7, 11) is 0. The summed E-state index contributed by atoms with van der Waals surface area (Å²) in [5.41, 5.74) is 1.94. The maximum Gasteiger partial charge on any atom is 0.250 e. The number of hydrogen-bond donors (Lipinski definition) is 3. The van der Waals surface area contributed by atoms with Crippen molar-refractivity contribution in [1.82, 2.24) is 10.6 Å². The van der Waals surface area contributed by atoms with Crippen LogP contribution in [0.4, 0.5) is 0 Å². The first-order valence-corrected chi connectivity index (χ1v) is 6.51. The molecule has 1 aromatic carbocycles. The fourth-order valence-corrected chi connectivity index (χ4v) is 1.95. The molecule has 1 aliphatic rings. The van der Waals surface area contributed by atoms with E-state index in [0.717, 1.165) is 17.7 Å². The Hall–Kier alpha value is -1.43. The Balaban J connectivity index is 1.80. The number of carbonyl (C=O) groups excluding carboxylic acids is 1. The maximum absolute atomic E-state index is 11.8. The van der Waals surface area contributed by atoms with Crippen LogP contribution in [0.3, 0.4) is 0 Å². The molecule has 1 aliphatic heterocycles. The average Bonchev–Trinajstić information content (AvgIpc) is 2.46. The molecule has 1 heterocycles. The molecule has 5 nitrogen and oxygen atoms in total. The van der Waals surface area contributed by atoms with Gasteiger partial charge in [0.1, 0.15) is 6.10 Å². The van der Waals surface area contributed by atoms with E-state index < -0.39 is 12.2 Å². The summed E-state index contributed by atoms with van der Waals surface area (Å²) in [6, 6.07) is 7.61. The second kappa shape index (κ2) is 6.65. The van der Waals surface area contributed by atoms with Crippen molar-refractivity contribution in [3.8, 4) is 0 Å². The summed E-state index contributed by atoms with van der Waals surface area (Å²) in [6.45, 7) is 4.02. The van der Waals surface area contributed by atoms with Gasteiger partial charge < -0.3 is 20.5 Å². The molecule has 0 radical (unpaired) electrons. The molecule has 2 rings (SSSR count). The van der Waals surface area contributed by atoms with Crippen molar-refractivity contribution in [1.29, 1.82) is 0 Å². The van der Waals surface area contributed by atoms with Crippen LogP contribution in [-0.4, -0.2) is 43.4 Å². The summed E-state index contributed by atoms with van der Waals surface area (Å²) < 4.78 is 5.34. The minimum atomic E-state index is -0.693. The predicted molar refractivity (Wildman–Crippen MR) is 71.8 cm³/mol. The smallest absolute Gasteiger partial charge is 0.250 e. The van der Waals surface area contributed by atoms with Crippen LogP contribution >= 0.6 is 0 Å². The molecule has 1 saturated heterocycles. The van der Waals surface area contributed by atoms with Crippen LogP contribution in [-0.2, 0) is 9.53 Å². The number of aliphatic hydroxyl groups is 1. The number of benzene rings is 1. The zero-order valence-electron chi connectivity index (χ0n) is 11.1. The molecule has 5 heteroatoms. The minimum Gasteiger partial charge on any atom is -0.387 e. The van der Waals surface area contributed by atoms with E-state index in [-0.39, 0.29) is 12.5 Å². The number of morpholine rings is 1. The third-order valence-electron chi connectivity index (χ3n) is 3.15. The van der Waals surface area contributed by atoms with E-state index in [1.807, 2.05) is 31.2 Å². The van der Waals surface area contributed by atoms with Gasteiger partial charge in [-0.15, -0.1) is 0 Å². The molecule has 0 aliphatic carbocycles. The standard InChI is InChI=1S/C14H20N2O3/c1-10-2-4-11(5-3-10)12(17)8-16-14(18)13-9-15-6-7-19-13/h2-5,12-13,15,17H,6-9H2,1H3,(H,16,18). The molecule has 0 aromatic heterocycles. The summed E-state index contributed by atoms with van der Waals surface area (Å²) in [6.07, 6.45) is -1.15. The second-order valence-corrected chi connectivity index (χ2v) is 4.74. The molecule has 3 N–H and O–H groups in total. The van der Waals surface area contributed by atoms with Gasteiger partial charge in [-0.25, -0.2) is 0 Å². The molecule has 0 bridgehead atoms. The topological polar surface area (TPSA) is 70.6 Å². The first kappa shape index (κ1) is 14.0. The Bertz CT molecular complexity index is 413. The highest BCUT2D eigenvalue weighted by Gasteiger charge is 2.22. The third-order valence-corrected chi connectivity index (χ3v) is 3.15. The molecular weight excluding hydrogens is 244 g/mol. The van der Waals surface area contributed by atoms with E-state index in [2.05, 4.69) is 10.6 Å². The van der Waals surface area contributed by atoms with Gasteiger partial charge in [0.05, 0.1) is 12.7 Å². The monoisotopic (exact) mass is 264 g/mol. The molecule has 2 unspecified atom stereocenters. The van der Waals surface area contributed by atoms with E-state index >= 15 is 0 Å². The molecule has 1 amide bonds. The molecule has 19 heavy (non-hydrogen) atoms. The van der Waals surface area contributed by atoms with E-state index in [0.29, 0.717) is 13.2 Å². The summed E-state index contributed by atoms with van der Waals surface area (Å²) >= 11 is 0. The van der Waals surface area contributed by atoms with Crippen LogP contribution < -0.4 is 10.6 Å². The van der Waals surface area contributed by atoms with Gasteiger partial charge in [0.2, 0.25) is 0 Å². The predicted octanol–water partition coefficient (Wildman–Crippen LogP) is 0.133. The van der Waals surface area contributed by atoms with Gasteiger partial charge in [-0.05, 0) is 12.5 Å². The molecule has 1 fully saturated rings. The molecule has 0 saturated carbocycles. The number of nitrogens with one attached hydrogen (secondary N) is 2. The maximum atomic E-state index is 11.8. The fraction of sp³-hybridized carbons (Fsp3) is 0.500. The Morgan fingerprint density at radius 3 is 2.89 bits per heavy atom. The van der Waals surface area contributed by atoms with E-state index in [1.54, 1.807) is 0 Å². The first-order valence-electron chi connectivity index (χ1n) is 6.51. The lowest BCUT2D eigenvalue weighted by atomic mass is 10.1. The number of hydrogen-bond acceptors (Lipinski definition) is 4. The fourth-order valence-electron chi connectivity index (χ4n) is 1.95. The molecular formula is C14H20N2O3. The highest BCUT2D eigenvalue weighted by molar-refractivity contribution is 5.81. The van der Waals surface area contributed by atoms with Crippen molar-refractivity contribution in [2.45, 2.75) is 19.1 Å². The van der Waals surface area contributed by atoms with Crippen molar-refractivity contribution >= 4 is 5.91 Å². The molecule has 1 aromatic rings. The van der Waals surface area contributed by atoms with Gasteiger partial charge in [-0.3, -0.25) is 4.79 Å². The normalized spacial score (nSPS) is 20.8. The number of aliphatic hydroxyl groups excluding tert-OH is 1. The lowest BCUT2D eigenvalue weighted by Crippen LogP contribution is -2.48. The van der Waals surface area contributed by atoms with Crippen LogP contribution in [0.5, 0.6) is 0 Å². The SMILES string of the molecule is Cc1ccc(C(O)CNC(=O)C2CNCCO2)cc1. The van der Waals surface area contributed by atoms with Crippen LogP contribution in [0, 0.1) is 6.92 Å². The average molecular weight is 264 g/mol. The lowest BCUT2D eigenvalue weighted by molar-refractivity contribution is -0.134. The van der Waals surface area contributed by atoms with Gasteiger partial charge >= 0.3 is 0 Å². The largest absolute Gasteiger partial charge is 0.387 e. The second-order valence-electron chi connectivity index (χ2n) is 4.74. The van der Waals surface area contributed by atoms with Crippen molar-refractivity contribution in [2.24, 2.45) is 0 Å². The Kier molecular flexibility index (Phi) is 4.90. The Morgan fingerprint density at radius 1 is 1.53 bits per heavy atom. The van der Waals surface area contributed by atoms with Gasteiger partial charge in [0.15, 0.2) is 0 Å². The van der Waals surface area contributed by atoms with Crippen LogP contribution in [0.2, 0.25) is 0 Å². The number of ether oxygens (including phenoxy) is 1.